The summed E-state index contributed by atoms with van der Waals surface area (Å²) in [5.41, 5.74) is 6.39. The number of aliphatic hydroxyl groups is 1. The molecular formula is C15H26N2O2. The number of para-hydroxylation sites is 2. The molecule has 108 valence electrons. The van der Waals surface area contributed by atoms with E-state index >= 15 is 0 Å². The van der Waals surface area contributed by atoms with Crippen LogP contribution in [-0.4, -0.2) is 41.8 Å². The van der Waals surface area contributed by atoms with Gasteiger partial charge >= 0.3 is 0 Å². The zero-order chi connectivity index (χ0) is 14.3. The van der Waals surface area contributed by atoms with Crippen LogP contribution in [0.5, 0.6) is 5.75 Å². The van der Waals surface area contributed by atoms with Crippen LogP contribution in [0.15, 0.2) is 24.3 Å². The van der Waals surface area contributed by atoms with Gasteiger partial charge in [-0.3, -0.25) is 4.90 Å². The molecule has 0 aliphatic heterocycles. The maximum atomic E-state index is 10.0. The summed E-state index contributed by atoms with van der Waals surface area (Å²) < 4.78 is 5.56. The van der Waals surface area contributed by atoms with Crippen LogP contribution in [0, 0.1) is 0 Å². The van der Waals surface area contributed by atoms with Crippen molar-refractivity contribution in [3.8, 4) is 5.75 Å². The fourth-order valence-corrected chi connectivity index (χ4v) is 1.97. The van der Waals surface area contributed by atoms with E-state index in [4.69, 9.17) is 10.5 Å². The molecule has 3 N–H and O–H groups in total. The summed E-state index contributed by atoms with van der Waals surface area (Å²) in [7, 11) is 0. The highest BCUT2D eigenvalue weighted by Gasteiger charge is 2.14. The molecule has 0 aliphatic rings. The lowest BCUT2D eigenvalue weighted by Crippen LogP contribution is -2.40. The number of nitrogens with zero attached hydrogens (tertiary/aromatic N) is 1. The van der Waals surface area contributed by atoms with Crippen LogP contribution in [0.1, 0.15) is 27.2 Å². The van der Waals surface area contributed by atoms with E-state index in [0.29, 0.717) is 24.0 Å². The molecule has 0 radical (unpaired) electrons. The summed E-state index contributed by atoms with van der Waals surface area (Å²) in [5.74, 6) is 0.633. The molecule has 0 heterocycles. The lowest BCUT2D eigenvalue weighted by Gasteiger charge is -2.28. The summed E-state index contributed by atoms with van der Waals surface area (Å²) in [6.45, 7) is 8.29. The zero-order valence-corrected chi connectivity index (χ0v) is 12.2. The molecule has 0 aromatic heterocycles. The topological polar surface area (TPSA) is 58.7 Å². The second-order valence-electron chi connectivity index (χ2n) is 5.09. The molecule has 1 aromatic rings. The van der Waals surface area contributed by atoms with E-state index in [-0.39, 0.29) is 6.61 Å². The Morgan fingerprint density at radius 3 is 2.58 bits per heavy atom. The molecule has 4 heteroatoms. The van der Waals surface area contributed by atoms with Gasteiger partial charge in [0.25, 0.3) is 0 Å². The molecule has 0 saturated carbocycles. The van der Waals surface area contributed by atoms with E-state index in [0.717, 1.165) is 13.0 Å². The first-order valence-corrected chi connectivity index (χ1v) is 6.94. The molecule has 4 nitrogen and oxygen atoms in total. The number of benzene rings is 1. The van der Waals surface area contributed by atoms with Crippen LogP contribution in [0.2, 0.25) is 0 Å². The van der Waals surface area contributed by atoms with E-state index in [1.165, 1.54) is 0 Å². The van der Waals surface area contributed by atoms with Crippen molar-refractivity contribution in [2.45, 2.75) is 39.3 Å². The largest absolute Gasteiger partial charge is 0.489 e. The highest BCUT2D eigenvalue weighted by atomic mass is 16.5. The van der Waals surface area contributed by atoms with Gasteiger partial charge in [0.05, 0.1) is 5.69 Å². The molecule has 0 bridgehead atoms. The van der Waals surface area contributed by atoms with Gasteiger partial charge in [0.15, 0.2) is 0 Å². The van der Waals surface area contributed by atoms with Crippen LogP contribution in [-0.2, 0) is 0 Å². The summed E-state index contributed by atoms with van der Waals surface area (Å²) in [6.07, 6.45) is 0.575. The van der Waals surface area contributed by atoms with E-state index in [1.807, 2.05) is 18.2 Å². The average Bonchev–Trinajstić information content (AvgIpc) is 2.37. The highest BCUT2D eigenvalue weighted by Crippen LogP contribution is 2.19. The number of rotatable bonds is 8. The van der Waals surface area contributed by atoms with Crippen molar-refractivity contribution in [1.29, 1.82) is 0 Å². The standard InChI is InChI=1S/C15H26N2O2/c1-4-9-17(12(2)3)10-13(18)11-19-15-8-6-5-7-14(15)16/h5-8,12-13,18H,4,9-11,16H2,1-3H3. The van der Waals surface area contributed by atoms with Crippen molar-refractivity contribution in [1.82, 2.24) is 4.90 Å². The summed E-state index contributed by atoms with van der Waals surface area (Å²) in [6, 6.07) is 7.76. The number of anilines is 1. The molecule has 0 amide bonds. The lowest BCUT2D eigenvalue weighted by molar-refractivity contribution is 0.0578. The third-order valence-electron chi connectivity index (χ3n) is 3.04. The smallest absolute Gasteiger partial charge is 0.142 e. The zero-order valence-electron chi connectivity index (χ0n) is 12.2. The predicted molar refractivity (Wildman–Crippen MR) is 79.4 cm³/mol. The fraction of sp³-hybridized carbons (Fsp3) is 0.600. The number of hydrogen-bond donors (Lipinski definition) is 2. The molecule has 0 spiro atoms. The molecule has 19 heavy (non-hydrogen) atoms. The Hall–Kier alpha value is -1.26. The van der Waals surface area contributed by atoms with Gasteiger partial charge in [-0.2, -0.15) is 0 Å². The van der Waals surface area contributed by atoms with Gasteiger partial charge in [-0.05, 0) is 38.9 Å². The Kier molecular flexibility index (Phi) is 6.67. The van der Waals surface area contributed by atoms with Crippen LogP contribution in [0.3, 0.4) is 0 Å². The van der Waals surface area contributed by atoms with Gasteiger partial charge in [-0.1, -0.05) is 19.1 Å². The first kappa shape index (κ1) is 15.8. The van der Waals surface area contributed by atoms with E-state index in [9.17, 15) is 5.11 Å². The molecular weight excluding hydrogens is 240 g/mol. The quantitative estimate of drug-likeness (QED) is 0.708. The first-order chi connectivity index (χ1) is 9.04. The van der Waals surface area contributed by atoms with E-state index in [2.05, 4.69) is 25.7 Å². The predicted octanol–water partition coefficient (Wildman–Crippen LogP) is 2.13. The molecule has 1 rings (SSSR count). The number of nitrogen functional groups attached to an aromatic ring is 1. The summed E-state index contributed by atoms with van der Waals surface area (Å²) >= 11 is 0. The van der Waals surface area contributed by atoms with E-state index in [1.54, 1.807) is 6.07 Å². The Morgan fingerprint density at radius 1 is 1.32 bits per heavy atom. The third-order valence-corrected chi connectivity index (χ3v) is 3.04. The molecule has 1 aromatic carbocycles. The maximum Gasteiger partial charge on any atom is 0.142 e. The van der Waals surface area contributed by atoms with Gasteiger partial charge in [-0.25, -0.2) is 0 Å². The van der Waals surface area contributed by atoms with Crippen LogP contribution in [0.25, 0.3) is 0 Å². The highest BCUT2D eigenvalue weighted by molar-refractivity contribution is 5.51. The minimum Gasteiger partial charge on any atom is -0.489 e. The van der Waals surface area contributed by atoms with Crippen LogP contribution >= 0.6 is 0 Å². The van der Waals surface area contributed by atoms with Crippen molar-refractivity contribution < 1.29 is 9.84 Å². The van der Waals surface area contributed by atoms with Crippen molar-refractivity contribution in [2.75, 3.05) is 25.4 Å². The minimum absolute atomic E-state index is 0.265. The van der Waals surface area contributed by atoms with Crippen molar-refractivity contribution in [3.63, 3.8) is 0 Å². The Balaban J connectivity index is 2.42. The number of aliphatic hydroxyl groups excluding tert-OH is 1. The van der Waals surface area contributed by atoms with Gasteiger partial charge < -0.3 is 15.6 Å². The molecule has 1 unspecified atom stereocenters. The monoisotopic (exact) mass is 266 g/mol. The maximum absolute atomic E-state index is 10.0. The average molecular weight is 266 g/mol. The van der Waals surface area contributed by atoms with Crippen molar-refractivity contribution in [2.24, 2.45) is 0 Å². The van der Waals surface area contributed by atoms with Gasteiger partial charge in [0.1, 0.15) is 18.5 Å². The van der Waals surface area contributed by atoms with E-state index < -0.39 is 6.10 Å². The number of nitrogens with two attached hydrogens (primary N) is 1. The Labute approximate surface area is 116 Å². The summed E-state index contributed by atoms with van der Waals surface area (Å²) in [5, 5.41) is 10.0. The van der Waals surface area contributed by atoms with Crippen molar-refractivity contribution >= 4 is 5.69 Å². The second-order valence-corrected chi connectivity index (χ2v) is 5.09. The third kappa shape index (κ3) is 5.49. The molecule has 1 atom stereocenters. The number of ether oxygens (including phenoxy) is 1. The number of hydrogen-bond acceptors (Lipinski definition) is 4. The Bertz CT molecular complexity index is 369. The van der Waals surface area contributed by atoms with Gasteiger partial charge in [-0.15, -0.1) is 0 Å². The molecule has 0 fully saturated rings. The van der Waals surface area contributed by atoms with Crippen LogP contribution < -0.4 is 10.5 Å². The summed E-state index contributed by atoms with van der Waals surface area (Å²) in [4.78, 5) is 2.25. The SMILES string of the molecule is CCCN(CC(O)COc1ccccc1N)C(C)C. The molecule has 0 saturated heterocycles. The molecule has 0 aliphatic carbocycles. The van der Waals surface area contributed by atoms with Crippen molar-refractivity contribution in [3.05, 3.63) is 24.3 Å². The van der Waals surface area contributed by atoms with Gasteiger partial charge in [0, 0.05) is 12.6 Å². The van der Waals surface area contributed by atoms with Gasteiger partial charge in [0.2, 0.25) is 0 Å². The normalized spacial score (nSPS) is 12.9. The minimum atomic E-state index is -0.506. The lowest BCUT2D eigenvalue weighted by atomic mass is 10.2. The first-order valence-electron chi connectivity index (χ1n) is 6.94. The van der Waals surface area contributed by atoms with Crippen LogP contribution in [0.4, 0.5) is 5.69 Å². The fourth-order valence-electron chi connectivity index (χ4n) is 1.97. The Morgan fingerprint density at radius 2 is 2.00 bits per heavy atom. The second kappa shape index (κ2) is 8.02.